The van der Waals surface area contributed by atoms with Crippen molar-refractivity contribution in [3.8, 4) is 0 Å². The van der Waals surface area contributed by atoms with E-state index in [1.807, 2.05) is 13.8 Å². The first-order valence-electron chi connectivity index (χ1n) is 7.84. The zero-order chi connectivity index (χ0) is 17.9. The predicted octanol–water partition coefficient (Wildman–Crippen LogP) is 4.21. The van der Waals surface area contributed by atoms with Crippen LogP contribution in [-0.2, 0) is 11.3 Å². The highest BCUT2D eigenvalue weighted by Crippen LogP contribution is 2.25. The molecule has 5 nitrogen and oxygen atoms in total. The molecule has 1 heterocycles. The summed E-state index contributed by atoms with van der Waals surface area (Å²) in [4.78, 5) is 25.0. The Bertz CT molecular complexity index is 781. The van der Waals surface area contributed by atoms with Gasteiger partial charge >= 0.3 is 5.97 Å². The number of anilines is 1. The molecule has 0 bridgehead atoms. The number of amides is 1. The van der Waals surface area contributed by atoms with E-state index in [9.17, 15) is 9.59 Å². The van der Waals surface area contributed by atoms with Crippen molar-refractivity contribution in [2.24, 2.45) is 0 Å². The van der Waals surface area contributed by atoms with Crippen molar-refractivity contribution < 1.29 is 14.3 Å². The normalized spacial score (nSPS) is 10.5. The molecule has 2 rings (SSSR count). The van der Waals surface area contributed by atoms with E-state index in [2.05, 4.69) is 5.32 Å². The van der Waals surface area contributed by atoms with Crippen molar-refractivity contribution in [2.45, 2.75) is 34.2 Å². The monoisotopic (exact) mass is 348 g/mol. The van der Waals surface area contributed by atoms with E-state index in [0.717, 1.165) is 5.69 Å². The summed E-state index contributed by atoms with van der Waals surface area (Å²) in [6, 6.07) is 6.93. The minimum absolute atomic E-state index is 0.273. The number of rotatable bonds is 5. The minimum Gasteiger partial charge on any atom is -0.461 e. The molecule has 0 aliphatic rings. The third kappa shape index (κ3) is 3.46. The van der Waals surface area contributed by atoms with Crippen LogP contribution in [0.2, 0.25) is 5.02 Å². The highest BCUT2D eigenvalue weighted by atomic mass is 35.5. The molecule has 0 saturated carbocycles. The SMILES string of the molecule is CCOC(=O)c1c(C)c(C(=O)Nc2cccc(Cl)c2)c(C)n1CC. The average Bonchev–Trinajstić information content (AvgIpc) is 2.77. The van der Waals surface area contributed by atoms with Crippen LogP contribution in [0.1, 0.15) is 46.0 Å². The number of aromatic nitrogens is 1. The summed E-state index contributed by atoms with van der Waals surface area (Å²) in [7, 11) is 0. The molecule has 1 aromatic carbocycles. The average molecular weight is 349 g/mol. The second-order valence-corrected chi connectivity index (χ2v) is 5.80. The van der Waals surface area contributed by atoms with Gasteiger partial charge in [-0.15, -0.1) is 0 Å². The second kappa shape index (κ2) is 7.53. The lowest BCUT2D eigenvalue weighted by molar-refractivity contribution is 0.0512. The second-order valence-electron chi connectivity index (χ2n) is 5.36. The van der Waals surface area contributed by atoms with E-state index in [4.69, 9.17) is 16.3 Å². The van der Waals surface area contributed by atoms with Crippen molar-refractivity contribution in [3.63, 3.8) is 0 Å². The summed E-state index contributed by atoms with van der Waals surface area (Å²) in [5.74, 6) is -0.688. The molecule has 0 atom stereocenters. The number of nitrogens with zero attached hydrogens (tertiary/aromatic N) is 1. The maximum absolute atomic E-state index is 12.7. The molecule has 6 heteroatoms. The molecule has 1 N–H and O–H groups in total. The van der Waals surface area contributed by atoms with Crippen LogP contribution in [0, 0.1) is 13.8 Å². The molecule has 128 valence electrons. The number of benzene rings is 1. The van der Waals surface area contributed by atoms with Crippen LogP contribution >= 0.6 is 11.6 Å². The maximum Gasteiger partial charge on any atom is 0.355 e. The fraction of sp³-hybridized carbons (Fsp3) is 0.333. The molecule has 0 aliphatic heterocycles. The number of ether oxygens (including phenoxy) is 1. The Kier molecular flexibility index (Phi) is 5.67. The van der Waals surface area contributed by atoms with E-state index < -0.39 is 5.97 Å². The van der Waals surface area contributed by atoms with E-state index in [1.165, 1.54) is 0 Å². The van der Waals surface area contributed by atoms with Crippen LogP contribution in [0.15, 0.2) is 24.3 Å². The lowest BCUT2D eigenvalue weighted by atomic mass is 10.1. The molecule has 1 amide bonds. The molecule has 0 radical (unpaired) electrons. The van der Waals surface area contributed by atoms with Gasteiger partial charge < -0.3 is 14.6 Å². The van der Waals surface area contributed by atoms with E-state index in [-0.39, 0.29) is 12.5 Å². The van der Waals surface area contributed by atoms with Gasteiger partial charge in [-0.2, -0.15) is 0 Å². The van der Waals surface area contributed by atoms with E-state index in [0.29, 0.717) is 34.1 Å². The number of hydrogen-bond donors (Lipinski definition) is 1. The standard InChI is InChI=1S/C18H21ClN2O3/c1-5-21-12(4)15(11(3)16(21)18(23)24-6-2)17(22)20-14-9-7-8-13(19)10-14/h7-10H,5-6H2,1-4H3,(H,20,22). The van der Waals surface area contributed by atoms with Gasteiger partial charge in [0.2, 0.25) is 0 Å². The number of esters is 1. The Labute approximate surface area is 146 Å². The third-order valence-electron chi connectivity index (χ3n) is 3.86. The zero-order valence-corrected chi connectivity index (χ0v) is 15.0. The van der Waals surface area contributed by atoms with Crippen molar-refractivity contribution in [3.05, 3.63) is 51.8 Å². The molecule has 0 spiro atoms. The summed E-state index contributed by atoms with van der Waals surface area (Å²) < 4.78 is 6.93. The zero-order valence-electron chi connectivity index (χ0n) is 14.3. The van der Waals surface area contributed by atoms with Crippen molar-refractivity contribution in [1.29, 1.82) is 0 Å². The lowest BCUT2D eigenvalue weighted by Gasteiger charge is -2.08. The summed E-state index contributed by atoms with van der Waals surface area (Å²) in [6.07, 6.45) is 0. The lowest BCUT2D eigenvalue weighted by Crippen LogP contribution is -2.14. The largest absolute Gasteiger partial charge is 0.461 e. The van der Waals surface area contributed by atoms with Gasteiger partial charge in [-0.3, -0.25) is 4.79 Å². The fourth-order valence-corrected chi connectivity index (χ4v) is 3.04. The summed E-state index contributed by atoms with van der Waals surface area (Å²) in [5.41, 5.74) is 2.87. The Morgan fingerprint density at radius 1 is 1.25 bits per heavy atom. The number of halogens is 1. The van der Waals surface area contributed by atoms with Crippen LogP contribution in [-0.4, -0.2) is 23.1 Å². The highest BCUT2D eigenvalue weighted by Gasteiger charge is 2.26. The Morgan fingerprint density at radius 2 is 1.96 bits per heavy atom. The van der Waals surface area contributed by atoms with E-state index in [1.54, 1.807) is 42.7 Å². The van der Waals surface area contributed by atoms with Gasteiger partial charge in [0.1, 0.15) is 5.69 Å². The molecule has 0 unspecified atom stereocenters. The summed E-state index contributed by atoms with van der Waals surface area (Å²) in [6.45, 7) is 8.13. The first-order chi connectivity index (χ1) is 11.4. The number of nitrogens with one attached hydrogen (secondary N) is 1. The van der Waals surface area contributed by atoms with Gasteiger partial charge in [0.25, 0.3) is 5.91 Å². The van der Waals surface area contributed by atoms with Crippen LogP contribution < -0.4 is 5.32 Å². The molecular weight excluding hydrogens is 328 g/mol. The summed E-state index contributed by atoms with van der Waals surface area (Å²) in [5, 5.41) is 3.37. The number of hydrogen-bond acceptors (Lipinski definition) is 3. The van der Waals surface area contributed by atoms with Gasteiger partial charge in [0.05, 0.1) is 12.2 Å². The Morgan fingerprint density at radius 3 is 2.54 bits per heavy atom. The topological polar surface area (TPSA) is 60.3 Å². The summed E-state index contributed by atoms with van der Waals surface area (Å²) >= 11 is 5.95. The molecule has 0 saturated heterocycles. The molecule has 1 aromatic heterocycles. The van der Waals surface area contributed by atoms with Crippen molar-refractivity contribution in [1.82, 2.24) is 4.57 Å². The van der Waals surface area contributed by atoms with Gasteiger partial charge in [0.15, 0.2) is 0 Å². The van der Waals surface area contributed by atoms with Crippen molar-refractivity contribution >= 4 is 29.2 Å². The fourth-order valence-electron chi connectivity index (χ4n) is 2.85. The Balaban J connectivity index is 2.43. The minimum atomic E-state index is -0.415. The molecule has 24 heavy (non-hydrogen) atoms. The van der Waals surface area contributed by atoms with Crippen molar-refractivity contribution in [2.75, 3.05) is 11.9 Å². The molecular formula is C18H21ClN2O3. The number of carbonyl (C=O) groups is 2. The van der Waals surface area contributed by atoms with Gasteiger partial charge in [-0.25, -0.2) is 4.79 Å². The van der Waals surface area contributed by atoms with Gasteiger partial charge in [0, 0.05) is 22.9 Å². The predicted molar refractivity (Wildman–Crippen MR) is 94.9 cm³/mol. The van der Waals surface area contributed by atoms with Crippen LogP contribution in [0.4, 0.5) is 5.69 Å². The van der Waals surface area contributed by atoms with Gasteiger partial charge in [-0.1, -0.05) is 17.7 Å². The first kappa shape index (κ1) is 18.1. The van der Waals surface area contributed by atoms with Crippen LogP contribution in [0.3, 0.4) is 0 Å². The number of carbonyl (C=O) groups excluding carboxylic acids is 2. The quantitative estimate of drug-likeness (QED) is 0.823. The smallest absolute Gasteiger partial charge is 0.355 e. The van der Waals surface area contributed by atoms with Crippen LogP contribution in [0.5, 0.6) is 0 Å². The van der Waals surface area contributed by atoms with Gasteiger partial charge in [-0.05, 0) is 51.5 Å². The van der Waals surface area contributed by atoms with Crippen LogP contribution in [0.25, 0.3) is 0 Å². The van der Waals surface area contributed by atoms with E-state index >= 15 is 0 Å². The molecule has 2 aromatic rings. The maximum atomic E-state index is 12.7. The molecule has 0 fully saturated rings. The Hall–Kier alpha value is -2.27. The molecule has 0 aliphatic carbocycles. The first-order valence-corrected chi connectivity index (χ1v) is 8.22. The third-order valence-corrected chi connectivity index (χ3v) is 4.10. The highest BCUT2D eigenvalue weighted by molar-refractivity contribution is 6.31.